The van der Waals surface area contributed by atoms with Crippen LogP contribution < -0.4 is 0 Å². The molecule has 79 valence electrons. The van der Waals surface area contributed by atoms with E-state index in [4.69, 9.17) is 0 Å². The van der Waals surface area contributed by atoms with Crippen LogP contribution in [0.15, 0.2) is 61.2 Å². The van der Waals surface area contributed by atoms with E-state index in [0.29, 0.717) is 0 Å². The third kappa shape index (κ3) is 1.98. The van der Waals surface area contributed by atoms with Gasteiger partial charge in [-0.15, -0.1) is 6.58 Å². The second-order valence-corrected chi connectivity index (χ2v) is 3.65. The molecule has 1 nitrogen and oxygen atoms in total. The van der Waals surface area contributed by atoms with Gasteiger partial charge in [0.2, 0.25) is 0 Å². The maximum Gasteiger partial charge on any atom is 0.186 e. The molecule has 0 aliphatic rings. The molecule has 0 atom stereocenters. The molecule has 0 heterocycles. The fourth-order valence-corrected chi connectivity index (χ4v) is 1.83. The number of benzene rings is 2. The van der Waals surface area contributed by atoms with Crippen LogP contribution in [0.2, 0.25) is 0 Å². The van der Waals surface area contributed by atoms with Gasteiger partial charge in [0.25, 0.3) is 0 Å². The topological polar surface area (TPSA) is 19.9 Å². The van der Waals surface area contributed by atoms with Crippen molar-refractivity contribution in [2.75, 3.05) is 0 Å². The van der Waals surface area contributed by atoms with E-state index in [-0.39, 0.29) is 5.75 Å². The van der Waals surface area contributed by atoms with Crippen LogP contribution in [0.5, 0.6) is 5.75 Å². The first-order valence-corrected chi connectivity index (χ1v) is 5.28. The van der Waals surface area contributed by atoms with E-state index in [1.165, 1.54) is 0 Å². The standard InChI is InChI=1S/C15H13O/c1-2-7-12-10-6-11-14(16)15(12)13-8-4-3-5-9-13/h2-6,8-11H,1,7H2. The van der Waals surface area contributed by atoms with Gasteiger partial charge in [0.1, 0.15) is 0 Å². The van der Waals surface area contributed by atoms with Crippen LogP contribution in [-0.2, 0) is 11.5 Å². The minimum absolute atomic E-state index is 0.0746. The van der Waals surface area contributed by atoms with Crippen molar-refractivity contribution < 1.29 is 5.11 Å². The molecule has 0 bridgehead atoms. The first kappa shape index (κ1) is 10.5. The van der Waals surface area contributed by atoms with E-state index in [0.717, 1.165) is 23.1 Å². The zero-order chi connectivity index (χ0) is 11.4. The summed E-state index contributed by atoms with van der Waals surface area (Å²) in [5, 5.41) is 11.9. The summed E-state index contributed by atoms with van der Waals surface area (Å²) in [6, 6.07) is 15.1. The maximum atomic E-state index is 11.9. The normalized spacial score (nSPS) is 10.0. The molecule has 1 radical (unpaired) electrons. The second kappa shape index (κ2) is 4.67. The highest BCUT2D eigenvalue weighted by Crippen LogP contribution is 2.33. The summed E-state index contributed by atoms with van der Waals surface area (Å²) in [6.07, 6.45) is 2.54. The van der Waals surface area contributed by atoms with Crippen LogP contribution in [-0.4, -0.2) is 0 Å². The van der Waals surface area contributed by atoms with Crippen molar-refractivity contribution >= 4 is 0 Å². The van der Waals surface area contributed by atoms with Gasteiger partial charge in [-0.1, -0.05) is 48.5 Å². The van der Waals surface area contributed by atoms with Gasteiger partial charge in [0, 0.05) is 5.56 Å². The van der Waals surface area contributed by atoms with Gasteiger partial charge in [-0.2, -0.15) is 0 Å². The lowest BCUT2D eigenvalue weighted by Crippen LogP contribution is -1.88. The third-order valence-corrected chi connectivity index (χ3v) is 2.54. The first-order chi connectivity index (χ1) is 7.83. The largest absolute Gasteiger partial charge is 0.289 e. The number of hydrogen-bond acceptors (Lipinski definition) is 0. The summed E-state index contributed by atoms with van der Waals surface area (Å²) in [5.41, 5.74) is 2.81. The Morgan fingerprint density at radius 2 is 1.75 bits per heavy atom. The van der Waals surface area contributed by atoms with Gasteiger partial charge in [-0.25, -0.2) is 0 Å². The summed E-state index contributed by atoms with van der Waals surface area (Å²) >= 11 is 0. The molecule has 2 aromatic carbocycles. The van der Waals surface area contributed by atoms with Gasteiger partial charge >= 0.3 is 0 Å². The van der Waals surface area contributed by atoms with Crippen molar-refractivity contribution in [2.24, 2.45) is 0 Å². The molecule has 16 heavy (non-hydrogen) atoms. The van der Waals surface area contributed by atoms with Crippen molar-refractivity contribution in [3.05, 3.63) is 66.7 Å². The Kier molecular flexibility index (Phi) is 3.06. The lowest BCUT2D eigenvalue weighted by molar-refractivity contribution is 0.356. The predicted octanol–water partition coefficient (Wildman–Crippen LogP) is 4.23. The second-order valence-electron chi connectivity index (χ2n) is 3.65. The van der Waals surface area contributed by atoms with Crippen LogP contribution >= 0.6 is 0 Å². The summed E-state index contributed by atoms with van der Waals surface area (Å²) in [7, 11) is 0. The van der Waals surface area contributed by atoms with Crippen molar-refractivity contribution in [3.8, 4) is 16.9 Å². The number of rotatable bonds is 3. The third-order valence-electron chi connectivity index (χ3n) is 2.54. The SMILES string of the molecule is C=CCc1cccc([O])c1-c1ccccc1. The fraction of sp³-hybridized carbons (Fsp3) is 0.0667. The van der Waals surface area contributed by atoms with E-state index in [9.17, 15) is 5.11 Å². The van der Waals surface area contributed by atoms with Crippen LogP contribution in [0.1, 0.15) is 5.56 Å². The molecule has 1 heteroatoms. The highest BCUT2D eigenvalue weighted by molar-refractivity contribution is 5.73. The monoisotopic (exact) mass is 209 g/mol. The predicted molar refractivity (Wildman–Crippen MR) is 65.9 cm³/mol. The molecule has 0 aliphatic carbocycles. The lowest BCUT2D eigenvalue weighted by atomic mass is 9.97. The van der Waals surface area contributed by atoms with Crippen molar-refractivity contribution in [1.82, 2.24) is 0 Å². The molecule has 2 rings (SSSR count). The molecule has 0 saturated heterocycles. The smallest absolute Gasteiger partial charge is 0.186 e. The van der Waals surface area contributed by atoms with E-state index < -0.39 is 0 Å². The van der Waals surface area contributed by atoms with Gasteiger partial charge in [0.05, 0.1) is 0 Å². The van der Waals surface area contributed by atoms with Gasteiger partial charge in [-0.3, -0.25) is 5.11 Å². The summed E-state index contributed by atoms with van der Waals surface area (Å²) < 4.78 is 0. The summed E-state index contributed by atoms with van der Waals surface area (Å²) in [6.45, 7) is 3.72. The Hall–Kier alpha value is -2.02. The van der Waals surface area contributed by atoms with E-state index in [1.807, 2.05) is 42.5 Å². The van der Waals surface area contributed by atoms with Crippen molar-refractivity contribution in [2.45, 2.75) is 6.42 Å². The molecule has 0 amide bonds. The lowest BCUT2D eigenvalue weighted by Gasteiger charge is -2.08. The quantitative estimate of drug-likeness (QED) is 0.674. The maximum absolute atomic E-state index is 11.9. The fourth-order valence-electron chi connectivity index (χ4n) is 1.83. The van der Waals surface area contributed by atoms with Crippen LogP contribution in [0.25, 0.3) is 11.1 Å². The molecule has 0 unspecified atom stereocenters. The minimum Gasteiger partial charge on any atom is -0.289 e. The summed E-state index contributed by atoms with van der Waals surface area (Å²) in [5.74, 6) is 0.0746. The average Bonchev–Trinajstić information content (AvgIpc) is 2.31. The summed E-state index contributed by atoms with van der Waals surface area (Å²) in [4.78, 5) is 0. The number of allylic oxidation sites excluding steroid dienone is 1. The zero-order valence-corrected chi connectivity index (χ0v) is 9.02. The Morgan fingerprint density at radius 1 is 1.00 bits per heavy atom. The molecule has 2 aromatic rings. The van der Waals surface area contributed by atoms with E-state index >= 15 is 0 Å². The Morgan fingerprint density at radius 3 is 2.44 bits per heavy atom. The van der Waals surface area contributed by atoms with Crippen LogP contribution in [0.3, 0.4) is 0 Å². The molecule has 0 fully saturated rings. The molecular formula is C15H13O. The minimum atomic E-state index is 0.0746. The number of hydrogen-bond donors (Lipinski definition) is 0. The van der Waals surface area contributed by atoms with E-state index in [1.54, 1.807) is 12.1 Å². The first-order valence-electron chi connectivity index (χ1n) is 5.28. The van der Waals surface area contributed by atoms with Crippen molar-refractivity contribution in [1.29, 1.82) is 0 Å². The molecule has 0 aliphatic heterocycles. The van der Waals surface area contributed by atoms with Crippen molar-refractivity contribution in [3.63, 3.8) is 0 Å². The van der Waals surface area contributed by atoms with Gasteiger partial charge < -0.3 is 0 Å². The van der Waals surface area contributed by atoms with E-state index in [2.05, 4.69) is 6.58 Å². The average molecular weight is 209 g/mol. The van der Waals surface area contributed by atoms with Crippen LogP contribution in [0.4, 0.5) is 0 Å². The van der Waals surface area contributed by atoms with Gasteiger partial charge in [-0.05, 0) is 23.6 Å². The van der Waals surface area contributed by atoms with Gasteiger partial charge in [0.15, 0.2) is 5.75 Å². The molecule has 0 N–H and O–H groups in total. The Bertz CT molecular complexity index is 486. The molecule has 0 saturated carbocycles. The Balaban J connectivity index is 2.58. The molecule has 0 aromatic heterocycles. The highest BCUT2D eigenvalue weighted by Gasteiger charge is 2.09. The zero-order valence-electron chi connectivity index (χ0n) is 9.02. The highest BCUT2D eigenvalue weighted by atomic mass is 16.3. The Labute approximate surface area is 95.7 Å². The molecule has 0 spiro atoms. The van der Waals surface area contributed by atoms with Crippen LogP contribution in [0, 0.1) is 0 Å². The molecular weight excluding hydrogens is 196 g/mol.